The Morgan fingerprint density at radius 3 is 1.81 bits per heavy atom. The number of nitrogens with zero attached hydrogens (tertiary/aromatic N) is 2. The van der Waals surface area contributed by atoms with Gasteiger partial charge in [0.25, 0.3) is 0 Å². The number of H-pyrrole nitrogens is 1. The number of aromatic nitrogens is 2. The largest absolute Gasteiger partial charge is 4.00 e. The molecule has 2 heterocycles. The van der Waals surface area contributed by atoms with Crippen molar-refractivity contribution < 1.29 is 75.1 Å². The number of aromatic amines is 1. The fourth-order valence-corrected chi connectivity index (χ4v) is 2.45. The number of hydrogen-bond donors (Lipinski definition) is 0. The number of fused-ring (bicyclic) bond motifs is 3. The minimum Gasteiger partial charge on any atom is -2.00 e. The molecule has 0 unspecified atom stereocenters. The van der Waals surface area contributed by atoms with Crippen molar-refractivity contribution in [2.24, 2.45) is 0 Å². The van der Waals surface area contributed by atoms with Crippen LogP contribution in [-0.4, -0.2) is 58.4 Å². The van der Waals surface area contributed by atoms with E-state index in [4.69, 9.17) is 0 Å². The number of hydrogen-bond acceptors (Lipinski definition) is 8. The SMILES string of the molecule is O.O.O=C([O-])CN(CC(=O)[O-])CC(=O)[O-].[O-2].[OH3+].[V+4].c1cnc2c(c1)ccc1ccc[nH+]c12. The van der Waals surface area contributed by atoms with Crippen LogP contribution in [-0.2, 0) is 43.9 Å². The van der Waals surface area contributed by atoms with Crippen LogP contribution in [0.2, 0.25) is 0 Å². The number of carbonyl (C=O) groups is 3. The predicted molar refractivity (Wildman–Crippen MR) is 100 cm³/mol. The van der Waals surface area contributed by atoms with Gasteiger partial charge in [0, 0.05) is 42.7 Å². The summed E-state index contributed by atoms with van der Waals surface area (Å²) in [6, 6.07) is 12.3. The van der Waals surface area contributed by atoms with Gasteiger partial charge in [0.2, 0.25) is 5.52 Å². The summed E-state index contributed by atoms with van der Waals surface area (Å²) in [5, 5.41) is 32.3. The monoisotopic (exact) mass is 491 g/mol. The predicted octanol–water partition coefficient (Wildman–Crippen LogP) is -5.95. The van der Waals surface area contributed by atoms with E-state index in [0.717, 1.165) is 11.0 Å². The van der Waals surface area contributed by atoms with Gasteiger partial charge in [0.15, 0.2) is 6.20 Å². The van der Waals surface area contributed by atoms with E-state index >= 15 is 0 Å². The van der Waals surface area contributed by atoms with Crippen LogP contribution in [0.5, 0.6) is 0 Å². The van der Waals surface area contributed by atoms with Crippen LogP contribution >= 0.6 is 0 Å². The van der Waals surface area contributed by atoms with E-state index in [1.165, 1.54) is 10.8 Å². The van der Waals surface area contributed by atoms with Crippen LogP contribution < -0.4 is 20.3 Å². The van der Waals surface area contributed by atoms with Crippen LogP contribution in [0.15, 0.2) is 48.8 Å². The number of rotatable bonds is 6. The number of aliphatic carboxylic acids is 3. The molecule has 0 saturated carbocycles. The Hall–Kier alpha value is -3.17. The van der Waals surface area contributed by atoms with E-state index < -0.39 is 37.5 Å². The minimum absolute atomic E-state index is 0. The zero-order chi connectivity index (χ0) is 19.8. The van der Waals surface area contributed by atoms with E-state index in [1.807, 2.05) is 24.5 Å². The molecule has 13 nitrogen and oxygen atoms in total. The van der Waals surface area contributed by atoms with E-state index in [9.17, 15) is 29.7 Å². The first kappa shape index (κ1) is 36.2. The zero-order valence-corrected chi connectivity index (χ0v) is 17.9. The molecule has 173 valence electrons. The minimum atomic E-state index is -1.57. The van der Waals surface area contributed by atoms with Crippen molar-refractivity contribution in [2.75, 3.05) is 19.6 Å². The van der Waals surface area contributed by atoms with Crippen molar-refractivity contribution in [3.63, 3.8) is 0 Å². The average molecular weight is 491 g/mol. The van der Waals surface area contributed by atoms with Gasteiger partial charge in [-0.2, -0.15) is 0 Å². The molecule has 14 heteroatoms. The number of carbonyl (C=O) groups excluding carboxylic acids is 3. The van der Waals surface area contributed by atoms with E-state index in [-0.39, 0.29) is 40.5 Å². The number of carboxylic acid groups (broad SMARTS) is 3. The fraction of sp³-hybridized carbons (Fsp3) is 0.167. The van der Waals surface area contributed by atoms with Gasteiger partial charge in [-0.1, -0.05) is 12.1 Å². The second-order valence-corrected chi connectivity index (χ2v) is 5.54. The standard InChI is InChI=1S/C12H8N2.C6H9NO6.3H2O.O.V/c1-3-9-5-6-10-4-2-8-14-12(10)11(9)13-7-1;8-4(9)1-7(2-5(10)11)3-6(12)13;;;;;/h1-8H;1-3H2,(H,8,9)(H,10,11)(H,12,13);3*1H2;;/q;;;;;-2;+4/p-1. The van der Waals surface area contributed by atoms with Gasteiger partial charge < -0.3 is 51.6 Å². The molecule has 0 aliphatic heterocycles. The Morgan fingerprint density at radius 2 is 1.31 bits per heavy atom. The fourth-order valence-electron chi connectivity index (χ4n) is 2.45. The topological polar surface area (TPSA) is 275 Å². The number of pyridine rings is 2. The first-order chi connectivity index (χ1) is 12.9. The molecule has 3 rings (SSSR count). The molecule has 32 heavy (non-hydrogen) atoms. The van der Waals surface area contributed by atoms with Crippen molar-refractivity contribution in [1.82, 2.24) is 9.88 Å². The summed E-state index contributed by atoms with van der Waals surface area (Å²) >= 11 is 0. The average Bonchev–Trinajstić information content (AvgIpc) is 2.60. The zero-order valence-electron chi connectivity index (χ0n) is 16.5. The van der Waals surface area contributed by atoms with Crippen molar-refractivity contribution in [2.45, 2.75) is 0 Å². The molecule has 0 fully saturated rings. The van der Waals surface area contributed by atoms with Crippen LogP contribution in [0.4, 0.5) is 0 Å². The Bertz CT molecular complexity index is 897. The second-order valence-electron chi connectivity index (χ2n) is 5.54. The summed E-state index contributed by atoms with van der Waals surface area (Å²) in [5.41, 5.74) is 2.14. The molecule has 0 atom stereocenters. The van der Waals surface area contributed by atoms with Gasteiger partial charge in [0.05, 0.1) is 17.9 Å². The van der Waals surface area contributed by atoms with Gasteiger partial charge in [-0.15, -0.1) is 0 Å². The van der Waals surface area contributed by atoms with Crippen molar-refractivity contribution >= 4 is 39.7 Å². The quantitative estimate of drug-likeness (QED) is 0.236. The van der Waals surface area contributed by atoms with Gasteiger partial charge >= 0.3 is 18.6 Å². The molecule has 0 aliphatic rings. The normalized spacial score (nSPS) is 8.78. The third-order valence-corrected chi connectivity index (χ3v) is 3.46. The molecule has 0 amide bonds. The molecule has 8 N–H and O–H groups in total. The van der Waals surface area contributed by atoms with Crippen molar-refractivity contribution in [3.05, 3.63) is 48.8 Å². The van der Waals surface area contributed by atoms with E-state index in [2.05, 4.69) is 34.2 Å². The summed E-state index contributed by atoms with van der Waals surface area (Å²) in [6.45, 7) is -2.37. The first-order valence-electron chi connectivity index (χ1n) is 7.83. The van der Waals surface area contributed by atoms with Gasteiger partial charge in [-0.3, -0.25) is 4.90 Å². The van der Waals surface area contributed by atoms with Crippen LogP contribution in [0.1, 0.15) is 0 Å². The van der Waals surface area contributed by atoms with Gasteiger partial charge in [-0.05, 0) is 18.2 Å². The number of nitrogens with one attached hydrogen (secondary N) is 1. The molecular weight excluding hydrogens is 469 g/mol. The molecule has 1 aromatic carbocycles. The second kappa shape index (κ2) is 17.5. The Balaban J connectivity index is -0.000000213. The van der Waals surface area contributed by atoms with Crippen molar-refractivity contribution in [1.29, 1.82) is 0 Å². The summed E-state index contributed by atoms with van der Waals surface area (Å²) in [5.74, 6) is -4.70. The molecule has 0 aliphatic carbocycles. The molecule has 1 radical (unpaired) electrons. The maximum absolute atomic E-state index is 9.99. The molecule has 2 aromatic heterocycles. The van der Waals surface area contributed by atoms with Crippen LogP contribution in [0.25, 0.3) is 21.8 Å². The number of carboxylic acids is 3. The van der Waals surface area contributed by atoms with E-state index in [0.29, 0.717) is 4.90 Å². The molecule has 0 saturated heterocycles. The maximum atomic E-state index is 9.99. The Morgan fingerprint density at radius 1 is 0.844 bits per heavy atom. The Labute approximate surface area is 193 Å². The summed E-state index contributed by atoms with van der Waals surface area (Å²) in [6.07, 6.45) is 3.75. The molecule has 3 aromatic rings. The third-order valence-electron chi connectivity index (χ3n) is 3.46. The van der Waals surface area contributed by atoms with Crippen LogP contribution in [0.3, 0.4) is 0 Å². The summed E-state index contributed by atoms with van der Waals surface area (Å²) in [7, 11) is 0. The van der Waals surface area contributed by atoms with Crippen LogP contribution in [0, 0.1) is 0 Å². The Kier molecular flexibility index (Phi) is 19.8. The molecular formula is C18H22N3O10V+. The third kappa shape index (κ3) is 11.3. The maximum Gasteiger partial charge on any atom is 4.00 e. The van der Waals surface area contributed by atoms with E-state index in [1.54, 1.807) is 0 Å². The van der Waals surface area contributed by atoms with Gasteiger partial charge in [0.1, 0.15) is 5.52 Å². The summed E-state index contributed by atoms with van der Waals surface area (Å²) in [4.78, 5) is 38.2. The number of benzene rings is 1. The first-order valence-corrected chi connectivity index (χ1v) is 7.83. The van der Waals surface area contributed by atoms with Crippen molar-refractivity contribution in [3.8, 4) is 0 Å². The van der Waals surface area contributed by atoms with Gasteiger partial charge in [-0.25, -0.2) is 9.97 Å². The summed E-state index contributed by atoms with van der Waals surface area (Å²) < 4.78 is 0. The molecule has 0 spiro atoms. The smallest absolute Gasteiger partial charge is 2.00 e. The molecule has 0 bridgehead atoms.